The molecule has 1 saturated heterocycles. The van der Waals surface area contributed by atoms with Crippen molar-refractivity contribution in [2.24, 2.45) is 0 Å². The SMILES string of the molecule is O=C(CN1CCN(C(=O)C2(c3ccc(F)cc3)CCC2)CC1)Nc1ccccc1. The van der Waals surface area contributed by atoms with E-state index in [9.17, 15) is 14.0 Å². The smallest absolute Gasteiger partial charge is 0.238 e. The van der Waals surface area contributed by atoms with Crippen LogP contribution in [0.1, 0.15) is 24.8 Å². The molecule has 2 aliphatic rings. The molecular weight excluding hydrogens is 369 g/mol. The van der Waals surface area contributed by atoms with Crippen LogP contribution in [0, 0.1) is 5.82 Å². The van der Waals surface area contributed by atoms with Crippen molar-refractivity contribution in [2.45, 2.75) is 24.7 Å². The van der Waals surface area contributed by atoms with Gasteiger partial charge in [0.2, 0.25) is 11.8 Å². The fourth-order valence-corrected chi connectivity index (χ4v) is 4.26. The van der Waals surface area contributed by atoms with Crippen LogP contribution in [0.25, 0.3) is 0 Å². The van der Waals surface area contributed by atoms with Gasteiger partial charge in [0.1, 0.15) is 5.82 Å². The molecule has 0 radical (unpaired) electrons. The van der Waals surface area contributed by atoms with Crippen LogP contribution >= 0.6 is 0 Å². The Morgan fingerprint density at radius 2 is 1.59 bits per heavy atom. The monoisotopic (exact) mass is 395 g/mol. The normalized spacial score (nSPS) is 18.7. The van der Waals surface area contributed by atoms with E-state index in [4.69, 9.17) is 0 Å². The Morgan fingerprint density at radius 3 is 2.17 bits per heavy atom. The molecule has 0 aromatic heterocycles. The van der Waals surface area contributed by atoms with Gasteiger partial charge in [-0.3, -0.25) is 14.5 Å². The quantitative estimate of drug-likeness (QED) is 0.847. The lowest BCUT2D eigenvalue weighted by molar-refractivity contribution is -0.142. The second kappa shape index (κ2) is 8.33. The van der Waals surface area contributed by atoms with E-state index in [2.05, 4.69) is 10.2 Å². The highest BCUT2D eigenvalue weighted by Gasteiger charge is 2.47. The molecule has 1 aliphatic heterocycles. The summed E-state index contributed by atoms with van der Waals surface area (Å²) < 4.78 is 13.3. The third-order valence-electron chi connectivity index (χ3n) is 6.10. The number of nitrogens with zero attached hydrogens (tertiary/aromatic N) is 2. The number of amides is 2. The van der Waals surface area contributed by atoms with Gasteiger partial charge < -0.3 is 10.2 Å². The van der Waals surface area contributed by atoms with Crippen molar-refractivity contribution < 1.29 is 14.0 Å². The predicted molar refractivity (Wildman–Crippen MR) is 110 cm³/mol. The summed E-state index contributed by atoms with van der Waals surface area (Å²) in [6.07, 6.45) is 2.65. The first kappa shape index (κ1) is 19.6. The van der Waals surface area contributed by atoms with Gasteiger partial charge in [-0.05, 0) is 42.7 Å². The largest absolute Gasteiger partial charge is 0.339 e. The zero-order valence-corrected chi connectivity index (χ0v) is 16.4. The van der Waals surface area contributed by atoms with Crippen LogP contribution in [0.5, 0.6) is 0 Å². The molecule has 0 unspecified atom stereocenters. The Labute approximate surface area is 170 Å². The van der Waals surface area contributed by atoms with E-state index in [1.807, 2.05) is 35.2 Å². The van der Waals surface area contributed by atoms with Crippen LogP contribution in [-0.2, 0) is 15.0 Å². The maximum Gasteiger partial charge on any atom is 0.238 e. The summed E-state index contributed by atoms with van der Waals surface area (Å²) in [5.41, 5.74) is 1.21. The van der Waals surface area contributed by atoms with Crippen LogP contribution in [0.4, 0.5) is 10.1 Å². The molecule has 2 aromatic carbocycles. The second-order valence-electron chi connectivity index (χ2n) is 7.93. The predicted octanol–water partition coefficient (Wildman–Crippen LogP) is 3.03. The first-order valence-electron chi connectivity index (χ1n) is 10.2. The van der Waals surface area contributed by atoms with E-state index in [-0.39, 0.29) is 17.6 Å². The number of rotatable bonds is 5. The molecule has 0 spiro atoms. The van der Waals surface area contributed by atoms with Gasteiger partial charge in [-0.15, -0.1) is 0 Å². The number of carbonyl (C=O) groups excluding carboxylic acids is 2. The summed E-state index contributed by atoms with van der Waals surface area (Å²) in [4.78, 5) is 29.5. The van der Waals surface area contributed by atoms with Crippen molar-refractivity contribution in [1.29, 1.82) is 0 Å². The lowest BCUT2D eigenvalue weighted by Crippen LogP contribution is -2.57. The highest BCUT2D eigenvalue weighted by molar-refractivity contribution is 5.92. The number of para-hydroxylation sites is 1. The number of piperazine rings is 1. The summed E-state index contributed by atoms with van der Waals surface area (Å²) in [6, 6.07) is 15.8. The van der Waals surface area contributed by atoms with E-state index >= 15 is 0 Å². The molecule has 5 nitrogen and oxygen atoms in total. The molecule has 4 rings (SSSR count). The first-order valence-corrected chi connectivity index (χ1v) is 10.2. The van der Waals surface area contributed by atoms with Crippen LogP contribution in [0.3, 0.4) is 0 Å². The van der Waals surface area contributed by atoms with Gasteiger partial charge >= 0.3 is 0 Å². The van der Waals surface area contributed by atoms with E-state index in [1.165, 1.54) is 12.1 Å². The second-order valence-corrected chi connectivity index (χ2v) is 7.93. The molecule has 2 aromatic rings. The average Bonchev–Trinajstić information content (AvgIpc) is 2.70. The molecule has 6 heteroatoms. The summed E-state index contributed by atoms with van der Waals surface area (Å²) in [5.74, 6) is -0.181. The lowest BCUT2D eigenvalue weighted by atomic mass is 9.63. The molecule has 2 amide bonds. The number of nitrogens with one attached hydrogen (secondary N) is 1. The van der Waals surface area contributed by atoms with Gasteiger partial charge in [0, 0.05) is 31.9 Å². The lowest BCUT2D eigenvalue weighted by Gasteiger charge is -2.46. The minimum atomic E-state index is -0.499. The van der Waals surface area contributed by atoms with Crippen molar-refractivity contribution in [1.82, 2.24) is 9.80 Å². The van der Waals surface area contributed by atoms with Crippen LogP contribution in [0.2, 0.25) is 0 Å². The van der Waals surface area contributed by atoms with Gasteiger partial charge in [-0.25, -0.2) is 4.39 Å². The van der Waals surface area contributed by atoms with Crippen LogP contribution in [-0.4, -0.2) is 54.3 Å². The molecule has 1 heterocycles. The molecule has 1 saturated carbocycles. The maximum absolute atomic E-state index is 13.3. The van der Waals surface area contributed by atoms with E-state index in [1.54, 1.807) is 12.1 Å². The summed E-state index contributed by atoms with van der Waals surface area (Å²) >= 11 is 0. The molecule has 1 aliphatic carbocycles. The zero-order chi connectivity index (χ0) is 20.3. The summed E-state index contributed by atoms with van der Waals surface area (Å²) in [6.45, 7) is 2.89. The van der Waals surface area contributed by atoms with Gasteiger partial charge in [-0.1, -0.05) is 36.8 Å². The van der Waals surface area contributed by atoms with E-state index in [0.717, 1.165) is 30.5 Å². The minimum absolute atomic E-state index is 0.0437. The van der Waals surface area contributed by atoms with Gasteiger partial charge in [-0.2, -0.15) is 0 Å². The number of anilines is 1. The first-order chi connectivity index (χ1) is 14.1. The van der Waals surface area contributed by atoms with Crippen molar-refractivity contribution in [3.8, 4) is 0 Å². The standard InChI is InChI=1S/C23H26FN3O2/c24-19-9-7-18(8-10-19)23(11-4-12-23)22(29)27-15-13-26(14-16-27)17-21(28)25-20-5-2-1-3-6-20/h1-3,5-10H,4,11-17H2,(H,25,28). The van der Waals surface area contributed by atoms with Gasteiger partial charge in [0.05, 0.1) is 12.0 Å². The molecular formula is C23H26FN3O2. The van der Waals surface area contributed by atoms with Crippen molar-refractivity contribution >= 4 is 17.5 Å². The number of hydrogen-bond donors (Lipinski definition) is 1. The molecule has 0 atom stereocenters. The Hall–Kier alpha value is -2.73. The zero-order valence-electron chi connectivity index (χ0n) is 16.4. The average molecular weight is 395 g/mol. The van der Waals surface area contributed by atoms with E-state index in [0.29, 0.717) is 32.7 Å². The van der Waals surface area contributed by atoms with E-state index < -0.39 is 5.41 Å². The number of benzene rings is 2. The molecule has 1 N–H and O–H groups in total. The molecule has 2 fully saturated rings. The Bertz CT molecular complexity index is 857. The number of halogens is 1. The minimum Gasteiger partial charge on any atom is -0.339 e. The Balaban J connectivity index is 1.32. The van der Waals surface area contributed by atoms with Gasteiger partial charge in [0.25, 0.3) is 0 Å². The third-order valence-corrected chi connectivity index (χ3v) is 6.10. The molecule has 0 bridgehead atoms. The third kappa shape index (κ3) is 4.17. The van der Waals surface area contributed by atoms with Crippen molar-refractivity contribution in [3.05, 3.63) is 66.0 Å². The topological polar surface area (TPSA) is 52.7 Å². The van der Waals surface area contributed by atoms with Crippen LogP contribution in [0.15, 0.2) is 54.6 Å². The Kier molecular flexibility index (Phi) is 5.62. The number of carbonyl (C=O) groups is 2. The number of hydrogen-bond acceptors (Lipinski definition) is 3. The highest BCUT2D eigenvalue weighted by atomic mass is 19.1. The summed E-state index contributed by atoms with van der Waals surface area (Å²) in [7, 11) is 0. The van der Waals surface area contributed by atoms with Crippen LogP contribution < -0.4 is 5.32 Å². The Morgan fingerprint density at radius 1 is 0.931 bits per heavy atom. The molecule has 152 valence electrons. The molecule has 29 heavy (non-hydrogen) atoms. The van der Waals surface area contributed by atoms with Gasteiger partial charge in [0.15, 0.2) is 0 Å². The summed E-state index contributed by atoms with van der Waals surface area (Å²) in [5, 5.41) is 2.90. The van der Waals surface area contributed by atoms with Crippen molar-refractivity contribution in [2.75, 3.05) is 38.0 Å². The highest BCUT2D eigenvalue weighted by Crippen LogP contribution is 2.45. The fourth-order valence-electron chi connectivity index (χ4n) is 4.26. The fraction of sp³-hybridized carbons (Fsp3) is 0.391. The van der Waals surface area contributed by atoms with Crippen molar-refractivity contribution in [3.63, 3.8) is 0 Å². The maximum atomic E-state index is 13.3.